The summed E-state index contributed by atoms with van der Waals surface area (Å²) in [6.07, 6.45) is -0.843. The lowest BCUT2D eigenvalue weighted by atomic mass is 9.93. The van der Waals surface area contributed by atoms with Crippen molar-refractivity contribution in [2.75, 3.05) is 26.3 Å². The Bertz CT molecular complexity index is 1830. The summed E-state index contributed by atoms with van der Waals surface area (Å²) >= 11 is 0.836. The summed E-state index contributed by atoms with van der Waals surface area (Å²) in [5, 5.41) is 34.2. The Morgan fingerprint density at radius 1 is 0.800 bits per heavy atom. The number of carbonyl (C=O) groups is 3. The highest BCUT2D eigenvalue weighted by molar-refractivity contribution is 7.95. The minimum absolute atomic E-state index is 0.0147. The molecule has 0 spiro atoms. The Morgan fingerprint density at radius 3 is 1.93 bits per heavy atom. The van der Waals surface area contributed by atoms with E-state index in [1.807, 2.05) is 0 Å². The monoisotopic (exact) mass is 683 g/mol. The number of ether oxygens (including phenoxy) is 3. The maximum atomic E-state index is 12.7. The summed E-state index contributed by atoms with van der Waals surface area (Å²) in [5.41, 5.74) is 0. The second-order valence-electron chi connectivity index (χ2n) is 8.46. The highest BCUT2D eigenvalue weighted by Gasteiger charge is 2.22. The van der Waals surface area contributed by atoms with Gasteiger partial charge in [0, 0.05) is 40.2 Å². The van der Waals surface area contributed by atoms with E-state index >= 15 is 0 Å². The molecule has 0 fully saturated rings. The van der Waals surface area contributed by atoms with Gasteiger partial charge in [-0.1, -0.05) is 24.8 Å². The molecule has 45 heavy (non-hydrogen) atoms. The summed E-state index contributed by atoms with van der Waals surface area (Å²) in [6, 6.07) is 8.28. The van der Waals surface area contributed by atoms with Crippen molar-refractivity contribution in [3.05, 3.63) is 49.1 Å². The van der Waals surface area contributed by atoms with Gasteiger partial charge in [-0.15, -0.1) is 0 Å². The van der Waals surface area contributed by atoms with Crippen molar-refractivity contribution in [3.8, 4) is 5.75 Å². The third-order valence-electron chi connectivity index (χ3n) is 5.91. The Morgan fingerprint density at radius 2 is 1.33 bits per heavy atom. The van der Waals surface area contributed by atoms with Crippen molar-refractivity contribution in [2.24, 2.45) is 0 Å². The molecular weight excluding hydrogens is 664 g/mol. The van der Waals surface area contributed by atoms with Crippen molar-refractivity contribution >= 4 is 84.7 Å². The second kappa shape index (κ2) is 15.4. The van der Waals surface area contributed by atoms with Crippen LogP contribution in [0, 0.1) is 0 Å². The van der Waals surface area contributed by atoms with Gasteiger partial charge in [-0.2, -0.15) is 8.67 Å². The minimum atomic E-state index is -5.05. The topological polar surface area (TPSA) is 243 Å². The number of hydrogen-bond acceptors (Lipinski definition) is 17. The largest absolute Gasteiger partial charge is 0.744 e. The van der Waals surface area contributed by atoms with Gasteiger partial charge in [0.05, 0.1) is 33.9 Å². The molecule has 2 amide bonds. The van der Waals surface area contributed by atoms with Gasteiger partial charge in [-0.3, -0.25) is 10.1 Å². The van der Waals surface area contributed by atoms with Gasteiger partial charge < -0.3 is 39.9 Å². The number of alkyl carbamates (subject to hydrolysis) is 1. The van der Waals surface area contributed by atoms with E-state index in [0.29, 0.717) is 40.2 Å². The Kier molecular flexibility index (Phi) is 11.6. The van der Waals surface area contributed by atoms with E-state index in [0.717, 1.165) is 12.1 Å². The van der Waals surface area contributed by atoms with Gasteiger partial charge in [0.2, 0.25) is 0 Å². The summed E-state index contributed by atoms with van der Waals surface area (Å²) in [6.45, 7) is 2.67. The van der Waals surface area contributed by atoms with E-state index in [1.54, 1.807) is 12.1 Å². The maximum absolute atomic E-state index is 12.7. The van der Waals surface area contributed by atoms with Gasteiger partial charge in [0.25, 0.3) is 0 Å². The van der Waals surface area contributed by atoms with Crippen molar-refractivity contribution in [1.29, 1.82) is 0 Å². The number of rotatable bonds is 15. The lowest BCUT2D eigenvalue weighted by Crippen LogP contribution is -2.36. The molecule has 0 bridgehead atoms. The highest BCUT2D eigenvalue weighted by Crippen LogP contribution is 2.47. The Labute approximate surface area is 261 Å². The first-order valence-electron chi connectivity index (χ1n) is 12.2. The van der Waals surface area contributed by atoms with Gasteiger partial charge in [0.1, 0.15) is 29.1 Å². The van der Waals surface area contributed by atoms with Crippen LogP contribution in [0.15, 0.2) is 63.7 Å². The standard InChI is InChI=1S/C25H22N2O15S3/c1-2-21(28)36-9-10-37-24(29)26-7-8-27-25(30)38-17-11-18(43-41-39-31)14-4-5-15-19(44-42-40-32)12-20(45(33,34)35)16-6-3-13(17)22(14)23(15)16/h2-6,11-12,31-32H,1,7-10H2,(H,26,29)(H,27,30)(H,33,34,35)/p-3. The molecule has 0 aliphatic carbocycles. The number of esters is 1. The van der Waals surface area contributed by atoms with Crippen molar-refractivity contribution in [3.63, 3.8) is 0 Å². The average molecular weight is 684 g/mol. The molecule has 2 N–H and O–H groups in total. The van der Waals surface area contributed by atoms with Crippen LogP contribution in [-0.2, 0) is 43.1 Å². The van der Waals surface area contributed by atoms with Crippen LogP contribution < -0.4 is 25.9 Å². The van der Waals surface area contributed by atoms with Crippen molar-refractivity contribution in [2.45, 2.75) is 14.7 Å². The third kappa shape index (κ3) is 8.20. The molecule has 240 valence electrons. The molecule has 4 rings (SSSR count). The smallest absolute Gasteiger partial charge is 0.412 e. The molecule has 0 saturated carbocycles. The lowest BCUT2D eigenvalue weighted by molar-refractivity contribution is -0.777. The first-order chi connectivity index (χ1) is 21.6. The van der Waals surface area contributed by atoms with Gasteiger partial charge in [-0.25, -0.2) is 22.8 Å². The van der Waals surface area contributed by atoms with E-state index in [2.05, 4.69) is 40.7 Å². The minimum Gasteiger partial charge on any atom is -0.744 e. The Hall–Kier alpha value is -3.96. The number of nitrogens with one attached hydrogen (secondary N) is 2. The molecule has 20 heteroatoms. The number of hydrogen-bond donors (Lipinski definition) is 2. The maximum Gasteiger partial charge on any atom is 0.412 e. The molecular formula is C25H19N2O15S3-3. The van der Waals surface area contributed by atoms with E-state index in [9.17, 15) is 37.9 Å². The van der Waals surface area contributed by atoms with Gasteiger partial charge in [-0.05, 0) is 34.4 Å². The Balaban J connectivity index is 1.61. The number of benzene rings is 4. The fourth-order valence-corrected chi connectivity index (χ4v) is 6.07. The van der Waals surface area contributed by atoms with Crippen LogP contribution in [0.3, 0.4) is 0 Å². The van der Waals surface area contributed by atoms with Crippen LogP contribution in [0.4, 0.5) is 9.59 Å². The van der Waals surface area contributed by atoms with Gasteiger partial charge >= 0.3 is 18.2 Å². The first-order valence-corrected chi connectivity index (χ1v) is 15.1. The molecule has 0 aliphatic heterocycles. The third-order valence-corrected chi connectivity index (χ3v) is 8.07. The van der Waals surface area contributed by atoms with Crippen molar-refractivity contribution in [1.82, 2.24) is 10.6 Å². The molecule has 0 atom stereocenters. The molecule has 4 aromatic rings. The molecule has 17 nitrogen and oxygen atoms in total. The molecule has 0 unspecified atom stereocenters. The molecule has 4 aromatic carbocycles. The molecule has 0 aliphatic rings. The van der Waals surface area contributed by atoms with Crippen LogP contribution in [0.2, 0.25) is 0 Å². The zero-order chi connectivity index (χ0) is 32.6. The SMILES string of the molecule is C=CC(=O)OCCOC(=O)NCCNC(=O)Oc1cc(SOO[O-])c2ccc3c(SOO[O-])cc(S(=O)(=O)[O-])c4ccc1c2c34. The quantitative estimate of drug-likeness (QED) is 0.0263. The van der Waals surface area contributed by atoms with E-state index in [4.69, 9.17) is 9.47 Å². The van der Waals surface area contributed by atoms with Gasteiger partial charge in [0.15, 0.2) is 0 Å². The van der Waals surface area contributed by atoms with E-state index in [1.165, 1.54) is 18.2 Å². The summed E-state index contributed by atoms with van der Waals surface area (Å²) in [5.74, 6) is -0.746. The number of amides is 2. The molecule has 0 radical (unpaired) electrons. The zero-order valence-electron chi connectivity index (χ0n) is 22.4. The second-order valence-corrected chi connectivity index (χ2v) is 11.3. The van der Waals surface area contributed by atoms with Crippen LogP contribution >= 0.6 is 24.1 Å². The average Bonchev–Trinajstić information content (AvgIpc) is 3.02. The molecule has 0 saturated heterocycles. The predicted octanol–water partition coefficient (Wildman–Crippen LogP) is 1.49. The van der Waals surface area contributed by atoms with Crippen LogP contribution in [0.25, 0.3) is 32.3 Å². The van der Waals surface area contributed by atoms with E-state index in [-0.39, 0.29) is 58.0 Å². The summed E-state index contributed by atoms with van der Waals surface area (Å²) in [7, 11) is -5.05. The van der Waals surface area contributed by atoms with Crippen LogP contribution in [0.1, 0.15) is 0 Å². The lowest BCUT2D eigenvalue weighted by Gasteiger charge is -2.20. The van der Waals surface area contributed by atoms with Crippen molar-refractivity contribution < 1.29 is 70.8 Å². The first kappa shape index (κ1) is 33.9. The highest BCUT2D eigenvalue weighted by atomic mass is 32.2. The fraction of sp³-hybridized carbons (Fsp3) is 0.160. The summed E-state index contributed by atoms with van der Waals surface area (Å²) in [4.78, 5) is 35.0. The molecule has 0 heterocycles. The van der Waals surface area contributed by atoms with Crippen LogP contribution in [-0.4, -0.2) is 57.4 Å². The van der Waals surface area contributed by atoms with E-state index < -0.39 is 33.2 Å². The summed E-state index contributed by atoms with van der Waals surface area (Å²) < 4.78 is 60.4. The fourth-order valence-electron chi connectivity index (χ4n) is 4.25. The normalized spacial score (nSPS) is 11.5. The zero-order valence-corrected chi connectivity index (χ0v) is 24.9. The molecule has 0 aromatic heterocycles. The predicted molar refractivity (Wildman–Crippen MR) is 149 cm³/mol. The number of carbonyl (C=O) groups excluding carboxylic acids is 3. The van der Waals surface area contributed by atoms with Crippen LogP contribution in [0.5, 0.6) is 5.75 Å².